The summed E-state index contributed by atoms with van der Waals surface area (Å²) in [6.07, 6.45) is 0. The quantitative estimate of drug-likeness (QED) is 0.640. The number of carboxylic acids is 1. The molecule has 0 atom stereocenters. The molecule has 0 aliphatic rings. The first-order valence-corrected chi connectivity index (χ1v) is 6.49. The molecule has 0 saturated heterocycles. The fourth-order valence-corrected chi connectivity index (χ4v) is 2.27. The minimum Gasteiger partial charge on any atom is -0.476 e. The monoisotopic (exact) mass is 304 g/mol. The number of benzene rings is 1. The Morgan fingerprint density at radius 1 is 1.57 bits per heavy atom. The van der Waals surface area contributed by atoms with E-state index in [9.17, 15) is 14.9 Å². The molecule has 2 rings (SSSR count). The number of nitrogens with one attached hydrogen (secondary N) is 1. The highest BCUT2D eigenvalue weighted by Crippen LogP contribution is 2.22. The van der Waals surface area contributed by atoms with Crippen molar-refractivity contribution in [3.05, 3.63) is 50.0 Å². The van der Waals surface area contributed by atoms with Crippen molar-refractivity contribution in [3.63, 3.8) is 0 Å². The number of nitrogens with zero attached hydrogens (tertiary/aromatic N) is 3. The number of carboxylic acid groups (broad SMARTS) is 1. The van der Waals surface area contributed by atoms with Crippen LogP contribution in [0.4, 0.5) is 11.4 Å². The molecule has 0 bridgehead atoms. The fourth-order valence-electron chi connectivity index (χ4n) is 1.56. The highest BCUT2D eigenvalue weighted by atomic mass is 32.1. The Morgan fingerprint density at radius 3 is 2.90 bits per heavy atom. The summed E-state index contributed by atoms with van der Waals surface area (Å²) < 4.78 is 0. The second-order valence-electron chi connectivity index (χ2n) is 3.89. The van der Waals surface area contributed by atoms with Gasteiger partial charge in [-0.25, -0.2) is 9.78 Å². The van der Waals surface area contributed by atoms with Crippen molar-refractivity contribution < 1.29 is 14.8 Å². The Bertz CT molecular complexity index is 750. The number of hydrogen-bond donors (Lipinski definition) is 2. The molecule has 2 N–H and O–H groups in total. The number of nitro groups is 1. The van der Waals surface area contributed by atoms with Crippen molar-refractivity contribution in [2.45, 2.75) is 6.54 Å². The third-order valence-electron chi connectivity index (χ3n) is 2.53. The largest absolute Gasteiger partial charge is 0.476 e. The molecule has 0 aliphatic heterocycles. The number of aromatic carboxylic acids is 1. The molecule has 0 unspecified atom stereocenters. The van der Waals surface area contributed by atoms with Gasteiger partial charge < -0.3 is 10.4 Å². The lowest BCUT2D eigenvalue weighted by Crippen LogP contribution is -2.02. The maximum absolute atomic E-state index is 10.7. The summed E-state index contributed by atoms with van der Waals surface area (Å²) in [6.45, 7) is 0.265. The molecule has 106 valence electrons. The molecule has 0 spiro atoms. The molecular formula is C12H8N4O4S. The third-order valence-corrected chi connectivity index (χ3v) is 3.38. The number of rotatable bonds is 5. The lowest BCUT2D eigenvalue weighted by atomic mass is 10.2. The highest BCUT2D eigenvalue weighted by Gasteiger charge is 2.14. The van der Waals surface area contributed by atoms with Gasteiger partial charge in [-0.05, 0) is 12.1 Å². The van der Waals surface area contributed by atoms with E-state index in [-0.39, 0.29) is 23.5 Å². The number of aromatic nitrogens is 1. The van der Waals surface area contributed by atoms with E-state index < -0.39 is 10.9 Å². The molecule has 1 heterocycles. The number of nitriles is 1. The predicted octanol–water partition coefficient (Wildman–Crippen LogP) is 2.23. The molecule has 0 amide bonds. The summed E-state index contributed by atoms with van der Waals surface area (Å²) in [5.74, 6) is -1.10. The Kier molecular flexibility index (Phi) is 4.10. The maximum atomic E-state index is 10.7. The van der Waals surface area contributed by atoms with E-state index in [4.69, 9.17) is 10.4 Å². The summed E-state index contributed by atoms with van der Waals surface area (Å²) in [5, 5.41) is 33.3. The van der Waals surface area contributed by atoms with Gasteiger partial charge in [0.05, 0.1) is 11.5 Å². The molecule has 8 nitrogen and oxygen atoms in total. The normalized spacial score (nSPS) is 9.86. The van der Waals surface area contributed by atoms with Crippen LogP contribution in [0.15, 0.2) is 23.6 Å². The number of carbonyl (C=O) groups is 1. The van der Waals surface area contributed by atoms with Gasteiger partial charge in [0.25, 0.3) is 5.69 Å². The SMILES string of the molecule is N#Cc1cc(NCc2nc(C(=O)O)cs2)ccc1[N+](=O)[O-]. The molecule has 0 aliphatic carbocycles. The second kappa shape index (κ2) is 5.98. The van der Waals surface area contributed by atoms with Crippen LogP contribution in [-0.4, -0.2) is 21.0 Å². The van der Waals surface area contributed by atoms with E-state index in [1.54, 1.807) is 6.07 Å². The van der Waals surface area contributed by atoms with Gasteiger partial charge in [0.15, 0.2) is 5.69 Å². The van der Waals surface area contributed by atoms with Crippen molar-refractivity contribution in [1.29, 1.82) is 5.26 Å². The average Bonchev–Trinajstić information content (AvgIpc) is 2.93. The van der Waals surface area contributed by atoms with E-state index in [1.165, 1.54) is 34.9 Å². The maximum Gasteiger partial charge on any atom is 0.355 e. The van der Waals surface area contributed by atoms with Gasteiger partial charge in [-0.3, -0.25) is 10.1 Å². The molecule has 9 heteroatoms. The molecule has 0 radical (unpaired) electrons. The van der Waals surface area contributed by atoms with Gasteiger partial charge in [0, 0.05) is 17.1 Å². The van der Waals surface area contributed by atoms with Crippen LogP contribution in [-0.2, 0) is 6.54 Å². The summed E-state index contributed by atoms with van der Waals surface area (Å²) in [6, 6.07) is 5.85. The molecule has 0 saturated carbocycles. The summed E-state index contributed by atoms with van der Waals surface area (Å²) in [5.41, 5.74) is 0.184. The Hall–Kier alpha value is -2.99. The van der Waals surface area contributed by atoms with E-state index in [1.807, 2.05) is 0 Å². The first kappa shape index (κ1) is 14.4. The lowest BCUT2D eigenvalue weighted by molar-refractivity contribution is -0.385. The zero-order chi connectivity index (χ0) is 15.4. The van der Waals surface area contributed by atoms with Crippen LogP contribution in [0.5, 0.6) is 0 Å². The Labute approximate surface area is 122 Å². The molecule has 0 fully saturated rings. The number of hydrogen-bond acceptors (Lipinski definition) is 7. The standard InChI is InChI=1S/C12H8N4O4S/c13-4-7-3-8(1-2-10(7)16(19)20)14-5-11-15-9(6-21-11)12(17)18/h1-3,6,14H,5H2,(H,17,18). The van der Waals surface area contributed by atoms with Crippen LogP contribution in [0.2, 0.25) is 0 Å². The number of anilines is 1. The molecule has 21 heavy (non-hydrogen) atoms. The third kappa shape index (κ3) is 3.31. The molecule has 1 aromatic heterocycles. The van der Waals surface area contributed by atoms with E-state index in [0.29, 0.717) is 10.7 Å². The highest BCUT2D eigenvalue weighted by molar-refractivity contribution is 7.09. The van der Waals surface area contributed by atoms with Gasteiger partial charge in [-0.2, -0.15) is 5.26 Å². The van der Waals surface area contributed by atoms with Crippen LogP contribution in [0, 0.1) is 21.4 Å². The minimum atomic E-state index is -1.10. The molecule has 2 aromatic rings. The molecule has 1 aromatic carbocycles. The van der Waals surface area contributed by atoms with Crippen molar-refractivity contribution in [2.24, 2.45) is 0 Å². The lowest BCUT2D eigenvalue weighted by Gasteiger charge is -2.04. The Balaban J connectivity index is 2.11. The zero-order valence-electron chi connectivity index (χ0n) is 10.4. The van der Waals surface area contributed by atoms with Crippen molar-refractivity contribution in [1.82, 2.24) is 4.98 Å². The van der Waals surface area contributed by atoms with Gasteiger partial charge in [0.2, 0.25) is 0 Å². The van der Waals surface area contributed by atoms with E-state index in [0.717, 1.165) is 0 Å². The summed E-state index contributed by atoms with van der Waals surface area (Å²) >= 11 is 1.19. The first-order chi connectivity index (χ1) is 10.0. The average molecular weight is 304 g/mol. The predicted molar refractivity (Wildman–Crippen MR) is 74.2 cm³/mol. The minimum absolute atomic E-state index is 0.0294. The van der Waals surface area contributed by atoms with Crippen LogP contribution < -0.4 is 5.32 Å². The topological polar surface area (TPSA) is 129 Å². The van der Waals surface area contributed by atoms with Gasteiger partial charge >= 0.3 is 5.97 Å². The van der Waals surface area contributed by atoms with Crippen LogP contribution in [0.1, 0.15) is 21.1 Å². The fraction of sp³-hybridized carbons (Fsp3) is 0.0833. The van der Waals surface area contributed by atoms with E-state index >= 15 is 0 Å². The van der Waals surface area contributed by atoms with Gasteiger partial charge in [-0.1, -0.05) is 0 Å². The summed E-state index contributed by atoms with van der Waals surface area (Å²) in [7, 11) is 0. The van der Waals surface area contributed by atoms with Gasteiger partial charge in [0.1, 0.15) is 16.6 Å². The van der Waals surface area contributed by atoms with E-state index in [2.05, 4.69) is 10.3 Å². The number of thiazole rings is 1. The second-order valence-corrected chi connectivity index (χ2v) is 4.83. The Morgan fingerprint density at radius 2 is 2.33 bits per heavy atom. The van der Waals surface area contributed by atoms with Crippen LogP contribution in [0.25, 0.3) is 0 Å². The van der Waals surface area contributed by atoms with Crippen molar-refractivity contribution in [3.8, 4) is 6.07 Å². The van der Waals surface area contributed by atoms with Gasteiger partial charge in [-0.15, -0.1) is 11.3 Å². The van der Waals surface area contributed by atoms with Crippen molar-refractivity contribution in [2.75, 3.05) is 5.32 Å². The summed E-state index contributed by atoms with van der Waals surface area (Å²) in [4.78, 5) is 24.7. The van der Waals surface area contributed by atoms with Crippen molar-refractivity contribution >= 4 is 28.7 Å². The number of nitro benzene ring substituents is 1. The zero-order valence-corrected chi connectivity index (χ0v) is 11.3. The molecular weight excluding hydrogens is 296 g/mol. The first-order valence-electron chi connectivity index (χ1n) is 5.61. The smallest absolute Gasteiger partial charge is 0.355 e. The van der Waals surface area contributed by atoms with Crippen LogP contribution in [0.3, 0.4) is 0 Å². The van der Waals surface area contributed by atoms with Crippen LogP contribution >= 0.6 is 11.3 Å².